The lowest BCUT2D eigenvalue weighted by Gasteiger charge is -2.05. The molecule has 2 N–H and O–H groups in total. The topological polar surface area (TPSA) is 79.5 Å². The van der Waals surface area contributed by atoms with Gasteiger partial charge >= 0.3 is 5.97 Å². The number of aryl methyl sites for hydroxylation is 1. The summed E-state index contributed by atoms with van der Waals surface area (Å²) in [7, 11) is 0. The molecule has 0 radical (unpaired) electrons. The molecule has 0 aliphatic carbocycles. The van der Waals surface area contributed by atoms with Crippen LogP contribution < -0.4 is 5.32 Å². The molecule has 2 aromatic carbocycles. The van der Waals surface area contributed by atoms with Gasteiger partial charge < -0.3 is 14.8 Å². The lowest BCUT2D eigenvalue weighted by molar-refractivity contribution is 0.0696. The summed E-state index contributed by atoms with van der Waals surface area (Å²) in [6.07, 6.45) is 0. The zero-order valence-electron chi connectivity index (χ0n) is 13.2. The summed E-state index contributed by atoms with van der Waals surface area (Å²) in [6, 6.07) is 13.3. The van der Waals surface area contributed by atoms with Crippen molar-refractivity contribution in [2.24, 2.45) is 0 Å². The van der Waals surface area contributed by atoms with Crippen LogP contribution in [0.2, 0.25) is 0 Å². The van der Waals surface area contributed by atoms with Crippen LogP contribution >= 0.6 is 0 Å². The van der Waals surface area contributed by atoms with Crippen molar-refractivity contribution in [3.8, 4) is 11.3 Å². The number of hydrogen-bond acceptors (Lipinski definition) is 3. The summed E-state index contributed by atoms with van der Waals surface area (Å²) in [5.74, 6) is -0.997. The van der Waals surface area contributed by atoms with Crippen molar-refractivity contribution in [2.45, 2.75) is 6.92 Å². The van der Waals surface area contributed by atoms with Crippen LogP contribution in [0, 0.1) is 12.7 Å². The smallest absolute Gasteiger partial charge is 0.335 e. The second kappa shape index (κ2) is 6.60. The largest absolute Gasteiger partial charge is 0.478 e. The van der Waals surface area contributed by atoms with Crippen molar-refractivity contribution >= 4 is 17.6 Å². The number of carboxylic acid groups (broad SMARTS) is 1. The van der Waals surface area contributed by atoms with Crippen molar-refractivity contribution in [2.75, 3.05) is 5.32 Å². The Balaban J connectivity index is 1.84. The summed E-state index contributed by atoms with van der Waals surface area (Å²) in [5.41, 5.74) is 1.42. The highest BCUT2D eigenvalue weighted by Gasteiger charge is 2.16. The number of carbonyl (C=O) groups is 2. The van der Waals surface area contributed by atoms with Crippen molar-refractivity contribution in [3.63, 3.8) is 0 Å². The van der Waals surface area contributed by atoms with Crippen LogP contribution in [-0.2, 0) is 0 Å². The van der Waals surface area contributed by atoms with Crippen LogP contribution in [0.15, 0.2) is 59.0 Å². The van der Waals surface area contributed by atoms with E-state index in [2.05, 4.69) is 5.32 Å². The van der Waals surface area contributed by atoms with Gasteiger partial charge in [-0.25, -0.2) is 9.18 Å². The Bertz CT molecular complexity index is 944. The first-order valence-electron chi connectivity index (χ1n) is 7.45. The fourth-order valence-corrected chi connectivity index (χ4v) is 2.39. The van der Waals surface area contributed by atoms with E-state index in [0.717, 1.165) is 0 Å². The van der Waals surface area contributed by atoms with Gasteiger partial charge in [-0.3, -0.25) is 4.79 Å². The number of carboxylic acids is 1. The van der Waals surface area contributed by atoms with Crippen LogP contribution in [-0.4, -0.2) is 17.0 Å². The maximum absolute atomic E-state index is 13.0. The van der Waals surface area contributed by atoms with E-state index < -0.39 is 11.9 Å². The molecule has 0 atom stereocenters. The van der Waals surface area contributed by atoms with Crippen LogP contribution in [0.25, 0.3) is 11.3 Å². The number of nitrogens with one attached hydrogen (secondary N) is 1. The molecule has 3 rings (SSSR count). The molecule has 25 heavy (non-hydrogen) atoms. The Morgan fingerprint density at radius 3 is 2.48 bits per heavy atom. The third kappa shape index (κ3) is 3.58. The van der Waals surface area contributed by atoms with Gasteiger partial charge in [-0.1, -0.05) is 6.07 Å². The lowest BCUT2D eigenvalue weighted by Crippen LogP contribution is -2.12. The predicted octanol–water partition coefficient (Wildman–Crippen LogP) is 4.34. The van der Waals surface area contributed by atoms with Gasteiger partial charge in [-0.05, 0) is 55.5 Å². The third-order valence-corrected chi connectivity index (χ3v) is 3.66. The number of halogens is 1. The van der Waals surface area contributed by atoms with Crippen molar-refractivity contribution < 1.29 is 23.5 Å². The molecule has 0 saturated carbocycles. The summed E-state index contributed by atoms with van der Waals surface area (Å²) in [6.45, 7) is 1.65. The normalized spacial score (nSPS) is 10.5. The quantitative estimate of drug-likeness (QED) is 0.741. The molecular weight excluding hydrogens is 325 g/mol. The standard InChI is InChI=1S/C19H14FNO4/c1-11-16(10-17(25-11)12-5-7-14(20)8-6-12)18(22)21-15-4-2-3-13(9-15)19(23)24/h2-10H,1H3,(H,21,22)(H,23,24). The minimum atomic E-state index is -1.07. The number of benzene rings is 2. The lowest BCUT2D eigenvalue weighted by atomic mass is 10.1. The number of aromatic carboxylic acids is 1. The predicted molar refractivity (Wildman–Crippen MR) is 90.2 cm³/mol. The fraction of sp³-hybridized carbons (Fsp3) is 0.0526. The summed E-state index contributed by atoms with van der Waals surface area (Å²) >= 11 is 0. The maximum Gasteiger partial charge on any atom is 0.335 e. The minimum Gasteiger partial charge on any atom is -0.478 e. The average molecular weight is 339 g/mol. The number of rotatable bonds is 4. The Hall–Kier alpha value is -3.41. The van der Waals surface area contributed by atoms with Crippen LogP contribution in [0.4, 0.5) is 10.1 Å². The van der Waals surface area contributed by atoms with E-state index in [1.54, 1.807) is 37.3 Å². The number of anilines is 1. The second-order valence-electron chi connectivity index (χ2n) is 5.43. The molecule has 0 spiro atoms. The number of amides is 1. The molecule has 126 valence electrons. The SMILES string of the molecule is Cc1oc(-c2ccc(F)cc2)cc1C(=O)Nc1cccc(C(=O)O)c1. The van der Waals surface area contributed by atoms with E-state index in [9.17, 15) is 14.0 Å². The van der Waals surface area contributed by atoms with Crippen LogP contribution in [0.1, 0.15) is 26.5 Å². The Morgan fingerprint density at radius 1 is 1.08 bits per heavy atom. The monoisotopic (exact) mass is 339 g/mol. The molecule has 3 aromatic rings. The highest BCUT2D eigenvalue weighted by atomic mass is 19.1. The van der Waals surface area contributed by atoms with Crippen molar-refractivity contribution in [1.82, 2.24) is 0 Å². The number of furan rings is 1. The molecule has 0 saturated heterocycles. The molecule has 0 aliphatic rings. The molecule has 1 heterocycles. The van der Waals surface area contributed by atoms with Gasteiger partial charge in [-0.15, -0.1) is 0 Å². The van der Waals surface area contributed by atoms with Gasteiger partial charge in [0.25, 0.3) is 5.91 Å². The Morgan fingerprint density at radius 2 is 1.80 bits per heavy atom. The maximum atomic E-state index is 13.0. The Labute approximate surface area is 142 Å². The van der Waals surface area contributed by atoms with Crippen LogP contribution in [0.3, 0.4) is 0 Å². The molecule has 1 amide bonds. The van der Waals surface area contributed by atoms with E-state index in [1.807, 2.05) is 0 Å². The number of carbonyl (C=O) groups excluding carboxylic acids is 1. The average Bonchev–Trinajstić information content (AvgIpc) is 2.97. The van der Waals surface area contributed by atoms with E-state index in [0.29, 0.717) is 28.3 Å². The number of hydrogen-bond donors (Lipinski definition) is 2. The highest BCUT2D eigenvalue weighted by Crippen LogP contribution is 2.26. The molecule has 0 aliphatic heterocycles. The zero-order valence-corrected chi connectivity index (χ0v) is 13.2. The minimum absolute atomic E-state index is 0.0775. The highest BCUT2D eigenvalue weighted by molar-refractivity contribution is 6.06. The molecule has 1 aromatic heterocycles. The van der Waals surface area contributed by atoms with Crippen molar-refractivity contribution in [3.05, 3.63) is 77.3 Å². The molecule has 0 unspecified atom stereocenters. The van der Waals surface area contributed by atoms with Gasteiger partial charge in [0.15, 0.2) is 0 Å². The Kier molecular flexibility index (Phi) is 4.35. The summed E-state index contributed by atoms with van der Waals surface area (Å²) in [5, 5.41) is 11.6. The summed E-state index contributed by atoms with van der Waals surface area (Å²) < 4.78 is 18.6. The zero-order chi connectivity index (χ0) is 18.0. The summed E-state index contributed by atoms with van der Waals surface area (Å²) in [4.78, 5) is 23.4. The molecule has 0 fully saturated rings. The first-order chi connectivity index (χ1) is 11.9. The fourth-order valence-electron chi connectivity index (χ4n) is 2.39. The van der Waals surface area contributed by atoms with Gasteiger partial charge in [0.2, 0.25) is 0 Å². The van der Waals surface area contributed by atoms with Gasteiger partial charge in [-0.2, -0.15) is 0 Å². The molecule has 0 bridgehead atoms. The first-order valence-corrected chi connectivity index (χ1v) is 7.45. The van der Waals surface area contributed by atoms with E-state index >= 15 is 0 Å². The second-order valence-corrected chi connectivity index (χ2v) is 5.43. The van der Waals surface area contributed by atoms with E-state index in [4.69, 9.17) is 9.52 Å². The van der Waals surface area contributed by atoms with Gasteiger partial charge in [0.05, 0.1) is 11.1 Å². The molecule has 5 nitrogen and oxygen atoms in total. The first kappa shape index (κ1) is 16.4. The molecular formula is C19H14FNO4. The van der Waals surface area contributed by atoms with E-state index in [1.165, 1.54) is 24.3 Å². The molecule has 6 heteroatoms. The van der Waals surface area contributed by atoms with E-state index in [-0.39, 0.29) is 11.4 Å². The van der Waals surface area contributed by atoms with Crippen molar-refractivity contribution in [1.29, 1.82) is 0 Å². The third-order valence-electron chi connectivity index (χ3n) is 3.66. The van der Waals surface area contributed by atoms with Crippen LogP contribution in [0.5, 0.6) is 0 Å². The van der Waals surface area contributed by atoms with Gasteiger partial charge in [0, 0.05) is 11.3 Å². The van der Waals surface area contributed by atoms with Gasteiger partial charge in [0.1, 0.15) is 17.3 Å².